The molecule has 1 unspecified atom stereocenters. The maximum atomic E-state index is 6.24. The average Bonchev–Trinajstić information content (AvgIpc) is 3.39. The third-order valence-corrected chi connectivity index (χ3v) is 4.58. The highest BCUT2D eigenvalue weighted by Gasteiger charge is 2.32. The van der Waals surface area contributed by atoms with E-state index in [0.29, 0.717) is 17.4 Å². The van der Waals surface area contributed by atoms with Crippen LogP contribution in [-0.2, 0) is 11.3 Å². The van der Waals surface area contributed by atoms with Crippen LogP contribution in [0.4, 0.5) is 0 Å². The number of morpholine rings is 1. The Balaban J connectivity index is 1.43. The standard InChI is InChI=1S/C18H25ClN2O2/c1-2-8-23-18-6-3-14(10-17(18)19)11-20-12-16-13-21(7-9-22-16)15-4-5-15/h2-3,6,10,15-16,20H,1,4-5,7-9,11-13H2. The van der Waals surface area contributed by atoms with Crippen LogP contribution in [0, 0.1) is 0 Å². The Bertz CT molecular complexity index is 534. The number of hydrogen-bond donors (Lipinski definition) is 1. The second-order valence-electron chi connectivity index (χ2n) is 6.21. The molecule has 126 valence electrons. The van der Waals surface area contributed by atoms with Crippen molar-refractivity contribution in [1.82, 2.24) is 10.2 Å². The predicted octanol–water partition coefficient (Wildman–Crippen LogP) is 2.86. The lowest BCUT2D eigenvalue weighted by Gasteiger charge is -2.33. The van der Waals surface area contributed by atoms with Crippen LogP contribution in [-0.4, -0.2) is 49.9 Å². The zero-order chi connectivity index (χ0) is 16.1. The van der Waals surface area contributed by atoms with Gasteiger partial charge < -0.3 is 14.8 Å². The third-order valence-electron chi connectivity index (χ3n) is 4.29. The predicted molar refractivity (Wildman–Crippen MR) is 93.2 cm³/mol. The molecular weight excluding hydrogens is 312 g/mol. The van der Waals surface area contributed by atoms with E-state index in [2.05, 4.69) is 16.8 Å². The number of nitrogens with one attached hydrogen (secondary N) is 1. The molecule has 1 N–H and O–H groups in total. The number of hydrogen-bond acceptors (Lipinski definition) is 4. The highest BCUT2D eigenvalue weighted by Crippen LogP contribution is 2.28. The molecule has 1 atom stereocenters. The molecule has 23 heavy (non-hydrogen) atoms. The minimum atomic E-state index is 0.287. The van der Waals surface area contributed by atoms with E-state index < -0.39 is 0 Å². The van der Waals surface area contributed by atoms with Gasteiger partial charge in [-0.1, -0.05) is 30.3 Å². The summed E-state index contributed by atoms with van der Waals surface area (Å²) < 4.78 is 11.3. The van der Waals surface area contributed by atoms with E-state index in [1.807, 2.05) is 18.2 Å². The fourth-order valence-electron chi connectivity index (χ4n) is 2.93. The van der Waals surface area contributed by atoms with Gasteiger partial charge in [0.25, 0.3) is 0 Å². The number of ether oxygens (including phenoxy) is 2. The van der Waals surface area contributed by atoms with Crippen molar-refractivity contribution >= 4 is 11.6 Å². The van der Waals surface area contributed by atoms with Crippen LogP contribution >= 0.6 is 11.6 Å². The first-order valence-electron chi connectivity index (χ1n) is 8.34. The van der Waals surface area contributed by atoms with Crippen molar-refractivity contribution in [2.75, 3.05) is 32.8 Å². The normalized spacial score (nSPS) is 22.0. The van der Waals surface area contributed by atoms with Crippen molar-refractivity contribution in [2.45, 2.75) is 31.5 Å². The molecular formula is C18H25ClN2O2. The molecule has 1 heterocycles. The quantitative estimate of drug-likeness (QED) is 0.740. The lowest BCUT2D eigenvalue weighted by atomic mass is 10.2. The summed E-state index contributed by atoms with van der Waals surface area (Å²) in [7, 11) is 0. The van der Waals surface area contributed by atoms with Gasteiger partial charge in [-0.05, 0) is 30.5 Å². The molecule has 2 aliphatic rings. The monoisotopic (exact) mass is 336 g/mol. The minimum absolute atomic E-state index is 0.287. The molecule has 1 aliphatic carbocycles. The van der Waals surface area contributed by atoms with E-state index >= 15 is 0 Å². The van der Waals surface area contributed by atoms with Gasteiger partial charge >= 0.3 is 0 Å². The van der Waals surface area contributed by atoms with Crippen molar-refractivity contribution < 1.29 is 9.47 Å². The number of nitrogens with zero attached hydrogens (tertiary/aromatic N) is 1. The summed E-state index contributed by atoms with van der Waals surface area (Å²) in [6.07, 6.45) is 4.72. The Morgan fingerprint density at radius 1 is 1.43 bits per heavy atom. The molecule has 3 rings (SSSR count). The molecule has 0 radical (unpaired) electrons. The molecule has 1 aromatic carbocycles. The van der Waals surface area contributed by atoms with E-state index in [0.717, 1.165) is 44.4 Å². The maximum Gasteiger partial charge on any atom is 0.138 e. The van der Waals surface area contributed by atoms with Gasteiger partial charge in [0, 0.05) is 32.2 Å². The van der Waals surface area contributed by atoms with Crippen LogP contribution in [0.2, 0.25) is 5.02 Å². The first-order valence-corrected chi connectivity index (χ1v) is 8.72. The Morgan fingerprint density at radius 2 is 2.30 bits per heavy atom. The van der Waals surface area contributed by atoms with Gasteiger partial charge in [0.2, 0.25) is 0 Å². The largest absolute Gasteiger partial charge is 0.488 e. The fourth-order valence-corrected chi connectivity index (χ4v) is 3.19. The Kier molecular flexibility index (Phi) is 5.95. The highest BCUT2D eigenvalue weighted by molar-refractivity contribution is 6.32. The first kappa shape index (κ1) is 16.8. The maximum absolute atomic E-state index is 6.24. The summed E-state index contributed by atoms with van der Waals surface area (Å²) in [5, 5.41) is 4.11. The van der Waals surface area contributed by atoms with Crippen molar-refractivity contribution in [2.24, 2.45) is 0 Å². The lowest BCUT2D eigenvalue weighted by molar-refractivity contribution is -0.0301. The zero-order valence-electron chi connectivity index (χ0n) is 13.5. The third kappa shape index (κ3) is 4.95. The SMILES string of the molecule is C=CCOc1ccc(CNCC2CN(C3CC3)CCO2)cc1Cl. The number of halogens is 1. The summed E-state index contributed by atoms with van der Waals surface area (Å²) in [5.74, 6) is 0.700. The molecule has 1 aliphatic heterocycles. The zero-order valence-corrected chi connectivity index (χ0v) is 14.2. The van der Waals surface area contributed by atoms with Gasteiger partial charge in [0.15, 0.2) is 0 Å². The van der Waals surface area contributed by atoms with Gasteiger partial charge in [-0.25, -0.2) is 0 Å². The molecule has 0 spiro atoms. The van der Waals surface area contributed by atoms with Crippen LogP contribution in [0.3, 0.4) is 0 Å². The van der Waals surface area contributed by atoms with Crippen molar-refractivity contribution in [3.8, 4) is 5.75 Å². The lowest BCUT2D eigenvalue weighted by Crippen LogP contribution is -2.47. The van der Waals surface area contributed by atoms with Crippen LogP contribution in [0.25, 0.3) is 0 Å². The van der Waals surface area contributed by atoms with Crippen LogP contribution in [0.5, 0.6) is 5.75 Å². The number of rotatable bonds is 8. The topological polar surface area (TPSA) is 33.7 Å². The van der Waals surface area contributed by atoms with E-state index in [1.165, 1.54) is 12.8 Å². The van der Waals surface area contributed by atoms with Crippen LogP contribution in [0.15, 0.2) is 30.9 Å². The van der Waals surface area contributed by atoms with Crippen LogP contribution < -0.4 is 10.1 Å². The van der Waals surface area contributed by atoms with Gasteiger partial charge in [-0.2, -0.15) is 0 Å². The van der Waals surface area contributed by atoms with E-state index in [1.54, 1.807) is 6.08 Å². The second-order valence-corrected chi connectivity index (χ2v) is 6.62. The van der Waals surface area contributed by atoms with Gasteiger partial charge in [0.05, 0.1) is 17.7 Å². The average molecular weight is 337 g/mol. The molecule has 0 aromatic heterocycles. The molecule has 1 saturated heterocycles. The van der Waals surface area contributed by atoms with Gasteiger partial charge in [0.1, 0.15) is 12.4 Å². The number of benzene rings is 1. The Morgan fingerprint density at radius 3 is 3.04 bits per heavy atom. The minimum Gasteiger partial charge on any atom is -0.488 e. The first-order chi connectivity index (χ1) is 11.3. The smallest absolute Gasteiger partial charge is 0.138 e. The summed E-state index contributed by atoms with van der Waals surface area (Å²) >= 11 is 6.24. The summed E-state index contributed by atoms with van der Waals surface area (Å²) in [6, 6.07) is 6.72. The molecule has 0 amide bonds. The van der Waals surface area contributed by atoms with E-state index in [9.17, 15) is 0 Å². The molecule has 2 fully saturated rings. The molecule has 1 saturated carbocycles. The van der Waals surface area contributed by atoms with Crippen molar-refractivity contribution in [1.29, 1.82) is 0 Å². The second kappa shape index (κ2) is 8.15. The molecule has 0 bridgehead atoms. The fraction of sp³-hybridized carbons (Fsp3) is 0.556. The van der Waals surface area contributed by atoms with Crippen molar-refractivity contribution in [3.05, 3.63) is 41.4 Å². The van der Waals surface area contributed by atoms with Crippen molar-refractivity contribution in [3.63, 3.8) is 0 Å². The molecule has 4 nitrogen and oxygen atoms in total. The molecule has 1 aromatic rings. The highest BCUT2D eigenvalue weighted by atomic mass is 35.5. The van der Waals surface area contributed by atoms with Gasteiger partial charge in [-0.3, -0.25) is 4.90 Å². The van der Waals surface area contributed by atoms with E-state index in [4.69, 9.17) is 21.1 Å². The molecule has 5 heteroatoms. The summed E-state index contributed by atoms with van der Waals surface area (Å²) in [5.41, 5.74) is 1.15. The van der Waals surface area contributed by atoms with Crippen LogP contribution in [0.1, 0.15) is 18.4 Å². The summed E-state index contributed by atoms with van der Waals surface area (Å²) in [4.78, 5) is 2.57. The summed E-state index contributed by atoms with van der Waals surface area (Å²) in [6.45, 7) is 8.74. The Labute approximate surface area is 143 Å². The Hall–Kier alpha value is -1.07. The van der Waals surface area contributed by atoms with Gasteiger partial charge in [-0.15, -0.1) is 0 Å². The van der Waals surface area contributed by atoms with E-state index in [-0.39, 0.29) is 6.10 Å².